The van der Waals surface area contributed by atoms with Crippen molar-refractivity contribution in [1.82, 2.24) is 9.29 Å². The van der Waals surface area contributed by atoms with Gasteiger partial charge in [0.15, 0.2) is 15.0 Å². The number of benzene rings is 2. The van der Waals surface area contributed by atoms with Crippen LogP contribution in [0, 0.1) is 5.92 Å². The third-order valence-electron chi connectivity index (χ3n) is 5.29. The Labute approximate surface area is 195 Å². The van der Waals surface area contributed by atoms with Crippen molar-refractivity contribution in [1.29, 1.82) is 0 Å². The van der Waals surface area contributed by atoms with E-state index in [1.54, 1.807) is 18.2 Å². The Morgan fingerprint density at radius 1 is 1.06 bits per heavy atom. The Morgan fingerprint density at radius 2 is 1.69 bits per heavy atom. The lowest BCUT2D eigenvalue weighted by Gasteiger charge is -2.30. The lowest BCUT2D eigenvalue weighted by Crippen LogP contribution is -2.41. The van der Waals surface area contributed by atoms with Crippen molar-refractivity contribution in [3.05, 3.63) is 47.5 Å². The van der Waals surface area contributed by atoms with E-state index >= 15 is 0 Å². The number of amides is 1. The van der Waals surface area contributed by atoms with Gasteiger partial charge in [0, 0.05) is 30.3 Å². The highest BCUT2D eigenvalue weighted by atomic mass is 35.5. The summed E-state index contributed by atoms with van der Waals surface area (Å²) in [6, 6.07) is 10.5. The number of aromatic nitrogens is 1. The normalized spacial score (nSPS) is 16.3. The lowest BCUT2D eigenvalue weighted by atomic mass is 9.97. The van der Waals surface area contributed by atoms with E-state index in [1.165, 1.54) is 39.9 Å². The minimum Gasteiger partial charge on any atom is -0.302 e. The van der Waals surface area contributed by atoms with Gasteiger partial charge in [-0.3, -0.25) is 4.79 Å². The van der Waals surface area contributed by atoms with Crippen LogP contribution in [-0.2, 0) is 24.7 Å². The van der Waals surface area contributed by atoms with Crippen LogP contribution in [0.1, 0.15) is 12.8 Å². The van der Waals surface area contributed by atoms with Gasteiger partial charge in [-0.25, -0.2) is 21.8 Å². The topological polar surface area (TPSA) is 114 Å². The summed E-state index contributed by atoms with van der Waals surface area (Å²) in [5.41, 5.74) is 0.748. The van der Waals surface area contributed by atoms with Crippen molar-refractivity contribution in [3.8, 4) is 0 Å². The van der Waals surface area contributed by atoms with E-state index < -0.39 is 19.9 Å². The number of hydrogen-bond donors (Lipinski definition) is 1. The molecule has 0 unspecified atom stereocenters. The monoisotopic (exact) mass is 513 g/mol. The zero-order valence-electron chi connectivity index (χ0n) is 17.0. The number of nitrogens with zero attached hydrogens (tertiary/aromatic N) is 2. The van der Waals surface area contributed by atoms with Gasteiger partial charge in [0.25, 0.3) is 0 Å². The SMILES string of the molecule is CS(=O)(=O)c1ccc(S(=O)(=O)N2CCC(C(=O)Nc3nc4ccc(Cl)cc4s3)CC2)cc1. The molecular weight excluding hydrogens is 494 g/mol. The van der Waals surface area contributed by atoms with Crippen molar-refractivity contribution in [3.63, 3.8) is 0 Å². The maximum absolute atomic E-state index is 12.9. The first-order chi connectivity index (χ1) is 15.0. The fourth-order valence-electron chi connectivity index (χ4n) is 3.53. The predicted octanol–water partition coefficient (Wildman–Crippen LogP) is 3.39. The van der Waals surface area contributed by atoms with Crippen molar-refractivity contribution < 1.29 is 21.6 Å². The number of hydrogen-bond acceptors (Lipinski definition) is 7. The van der Waals surface area contributed by atoms with E-state index in [4.69, 9.17) is 11.6 Å². The maximum atomic E-state index is 12.9. The van der Waals surface area contributed by atoms with E-state index in [-0.39, 0.29) is 34.7 Å². The summed E-state index contributed by atoms with van der Waals surface area (Å²) < 4.78 is 51.2. The first-order valence-corrected chi connectivity index (χ1v) is 14.2. The van der Waals surface area contributed by atoms with Gasteiger partial charge in [0.2, 0.25) is 15.9 Å². The Bertz CT molecular complexity index is 1380. The molecule has 0 atom stereocenters. The highest BCUT2D eigenvalue weighted by Gasteiger charge is 2.32. The number of thiazole rings is 1. The second-order valence-electron chi connectivity index (χ2n) is 7.54. The van der Waals surface area contributed by atoms with E-state index in [0.29, 0.717) is 23.0 Å². The largest absolute Gasteiger partial charge is 0.302 e. The second kappa shape index (κ2) is 8.71. The molecule has 0 spiro atoms. The van der Waals surface area contributed by atoms with Gasteiger partial charge in [-0.05, 0) is 55.3 Å². The van der Waals surface area contributed by atoms with Gasteiger partial charge in [-0.15, -0.1) is 0 Å². The fraction of sp³-hybridized carbons (Fsp3) is 0.300. The molecule has 1 aliphatic rings. The summed E-state index contributed by atoms with van der Waals surface area (Å²) in [6.45, 7) is 0.396. The van der Waals surface area contributed by atoms with Gasteiger partial charge >= 0.3 is 0 Å². The number of sulfone groups is 1. The minimum absolute atomic E-state index is 0.0286. The number of rotatable bonds is 5. The lowest BCUT2D eigenvalue weighted by molar-refractivity contribution is -0.120. The van der Waals surface area contributed by atoms with Crippen LogP contribution in [0.25, 0.3) is 10.2 Å². The molecule has 32 heavy (non-hydrogen) atoms. The van der Waals surface area contributed by atoms with E-state index in [2.05, 4.69) is 10.3 Å². The standard InChI is InChI=1S/C20H20ClN3O5S3/c1-31(26,27)15-3-5-16(6-4-15)32(28,29)24-10-8-13(9-11-24)19(25)23-20-22-17-7-2-14(21)12-18(17)30-20/h2-7,12-13H,8-11H2,1H3,(H,22,23,25). The fourth-order valence-corrected chi connectivity index (χ4v) is 6.77. The third kappa shape index (κ3) is 4.81. The quantitative estimate of drug-likeness (QED) is 0.559. The first-order valence-electron chi connectivity index (χ1n) is 9.71. The van der Waals surface area contributed by atoms with Crippen LogP contribution in [-0.4, -0.2) is 51.4 Å². The molecule has 3 aromatic rings. The van der Waals surface area contributed by atoms with Crippen LogP contribution in [0.4, 0.5) is 5.13 Å². The van der Waals surface area contributed by atoms with Gasteiger partial charge in [-0.1, -0.05) is 22.9 Å². The number of carbonyl (C=O) groups is 1. The summed E-state index contributed by atoms with van der Waals surface area (Å²) in [5.74, 6) is -0.519. The third-order valence-corrected chi connectivity index (χ3v) is 9.51. The molecule has 1 fully saturated rings. The average Bonchev–Trinajstić information content (AvgIpc) is 3.14. The van der Waals surface area contributed by atoms with Gasteiger partial charge in [-0.2, -0.15) is 4.31 Å². The second-order valence-corrected chi connectivity index (χ2v) is 13.0. The van der Waals surface area contributed by atoms with E-state index in [0.717, 1.165) is 16.5 Å². The highest BCUT2D eigenvalue weighted by molar-refractivity contribution is 7.90. The molecule has 2 aromatic carbocycles. The Balaban J connectivity index is 1.39. The van der Waals surface area contributed by atoms with Crippen molar-refractivity contribution in [2.24, 2.45) is 5.92 Å². The zero-order valence-corrected chi connectivity index (χ0v) is 20.2. The van der Waals surface area contributed by atoms with Gasteiger partial charge in [0.05, 0.1) is 20.0 Å². The number of halogens is 1. The maximum Gasteiger partial charge on any atom is 0.243 e. The number of piperidine rings is 1. The van der Waals surface area contributed by atoms with Crippen LogP contribution >= 0.6 is 22.9 Å². The zero-order chi connectivity index (χ0) is 23.1. The smallest absolute Gasteiger partial charge is 0.243 e. The molecule has 0 aliphatic carbocycles. The van der Waals surface area contributed by atoms with Crippen LogP contribution in [0.15, 0.2) is 52.3 Å². The van der Waals surface area contributed by atoms with Crippen LogP contribution < -0.4 is 5.32 Å². The van der Waals surface area contributed by atoms with Gasteiger partial charge in [0.1, 0.15) is 0 Å². The Morgan fingerprint density at radius 3 is 2.31 bits per heavy atom. The molecule has 2 heterocycles. The average molecular weight is 514 g/mol. The highest BCUT2D eigenvalue weighted by Crippen LogP contribution is 2.30. The summed E-state index contributed by atoms with van der Waals surface area (Å²) in [7, 11) is -7.18. The Hall–Kier alpha value is -2.05. The number of nitrogens with one attached hydrogen (secondary N) is 1. The van der Waals surface area contributed by atoms with Crippen molar-refractivity contribution in [2.75, 3.05) is 24.7 Å². The molecule has 0 radical (unpaired) electrons. The molecular formula is C20H20ClN3O5S3. The number of sulfonamides is 1. The number of anilines is 1. The number of carbonyl (C=O) groups excluding carboxylic acids is 1. The molecule has 0 bridgehead atoms. The molecule has 1 saturated heterocycles. The molecule has 0 saturated carbocycles. The molecule has 4 rings (SSSR count). The summed E-state index contributed by atoms with van der Waals surface area (Å²) in [6.07, 6.45) is 1.82. The number of fused-ring (bicyclic) bond motifs is 1. The van der Waals surface area contributed by atoms with E-state index in [9.17, 15) is 21.6 Å². The molecule has 170 valence electrons. The summed E-state index contributed by atoms with van der Waals surface area (Å²) in [5, 5.41) is 3.90. The van der Waals surface area contributed by atoms with Gasteiger partial charge < -0.3 is 5.32 Å². The molecule has 12 heteroatoms. The molecule has 1 N–H and O–H groups in total. The minimum atomic E-state index is -3.77. The molecule has 1 aliphatic heterocycles. The van der Waals surface area contributed by atoms with Crippen molar-refractivity contribution in [2.45, 2.75) is 22.6 Å². The predicted molar refractivity (Wildman–Crippen MR) is 124 cm³/mol. The molecule has 1 aromatic heterocycles. The Kier molecular flexibility index (Phi) is 6.29. The van der Waals surface area contributed by atoms with Crippen LogP contribution in [0.2, 0.25) is 5.02 Å². The summed E-state index contributed by atoms with van der Waals surface area (Å²) >= 11 is 7.32. The van der Waals surface area contributed by atoms with Crippen molar-refractivity contribution >= 4 is 64.1 Å². The molecule has 1 amide bonds. The molecule has 8 nitrogen and oxygen atoms in total. The summed E-state index contributed by atoms with van der Waals surface area (Å²) in [4.78, 5) is 17.1. The van der Waals surface area contributed by atoms with Crippen LogP contribution in [0.5, 0.6) is 0 Å². The van der Waals surface area contributed by atoms with E-state index in [1.807, 2.05) is 0 Å². The van der Waals surface area contributed by atoms with Crippen LogP contribution in [0.3, 0.4) is 0 Å². The first kappa shape index (κ1) is 23.1.